The van der Waals surface area contributed by atoms with Crippen LogP contribution < -0.4 is 14.8 Å². The monoisotopic (exact) mass is 261 g/mol. The van der Waals surface area contributed by atoms with Crippen LogP contribution in [-0.2, 0) is 0 Å². The smallest absolute Gasteiger partial charge is 0.124 e. The minimum atomic E-state index is 0.403. The molecule has 0 amide bonds. The lowest BCUT2D eigenvalue weighted by Gasteiger charge is -2.28. The van der Waals surface area contributed by atoms with Gasteiger partial charge in [-0.2, -0.15) is 0 Å². The van der Waals surface area contributed by atoms with E-state index in [-0.39, 0.29) is 0 Å². The van der Waals surface area contributed by atoms with E-state index in [0.717, 1.165) is 42.9 Å². The lowest BCUT2D eigenvalue weighted by molar-refractivity contribution is 0.246. The number of benzene rings is 1. The molecule has 1 aliphatic carbocycles. The molecule has 1 N–H and O–H groups in total. The molecule has 0 radical (unpaired) electrons. The Morgan fingerprint density at radius 2 is 2.21 bits per heavy atom. The van der Waals surface area contributed by atoms with Crippen LogP contribution in [0.4, 0.5) is 0 Å². The highest BCUT2D eigenvalue weighted by molar-refractivity contribution is 5.43. The molecule has 3 nitrogen and oxygen atoms in total. The van der Waals surface area contributed by atoms with E-state index in [0.29, 0.717) is 6.04 Å². The van der Waals surface area contributed by atoms with E-state index < -0.39 is 0 Å². The maximum absolute atomic E-state index is 5.72. The highest BCUT2D eigenvalue weighted by atomic mass is 16.5. The second kappa shape index (κ2) is 5.41. The predicted molar refractivity (Wildman–Crippen MR) is 75.7 cm³/mol. The van der Waals surface area contributed by atoms with E-state index in [4.69, 9.17) is 9.47 Å². The summed E-state index contributed by atoms with van der Waals surface area (Å²) in [5.74, 6) is 3.66. The Morgan fingerprint density at radius 1 is 1.37 bits per heavy atom. The summed E-state index contributed by atoms with van der Waals surface area (Å²) in [7, 11) is 1.71. The first-order chi connectivity index (χ1) is 9.28. The van der Waals surface area contributed by atoms with Gasteiger partial charge in [0.25, 0.3) is 0 Å². The molecule has 1 aromatic rings. The van der Waals surface area contributed by atoms with Crippen molar-refractivity contribution in [2.24, 2.45) is 11.8 Å². The molecule has 1 saturated carbocycles. The number of methoxy groups -OCH3 is 1. The van der Waals surface area contributed by atoms with Crippen molar-refractivity contribution < 1.29 is 9.47 Å². The van der Waals surface area contributed by atoms with Gasteiger partial charge in [0.1, 0.15) is 11.5 Å². The van der Waals surface area contributed by atoms with E-state index in [9.17, 15) is 0 Å². The van der Waals surface area contributed by atoms with Crippen LogP contribution in [0.5, 0.6) is 11.5 Å². The van der Waals surface area contributed by atoms with Gasteiger partial charge in [-0.1, -0.05) is 6.92 Å². The van der Waals surface area contributed by atoms with Crippen LogP contribution in [0.25, 0.3) is 0 Å². The summed E-state index contributed by atoms with van der Waals surface area (Å²) in [6.07, 6.45) is 3.87. The van der Waals surface area contributed by atoms with Gasteiger partial charge in [-0.3, -0.25) is 0 Å². The molecule has 2 atom stereocenters. The normalized spacial score (nSPS) is 23.4. The maximum Gasteiger partial charge on any atom is 0.124 e. The zero-order valence-corrected chi connectivity index (χ0v) is 11.8. The molecule has 1 aromatic carbocycles. The van der Waals surface area contributed by atoms with Gasteiger partial charge in [0, 0.05) is 18.0 Å². The Morgan fingerprint density at radius 3 is 2.95 bits per heavy atom. The third kappa shape index (κ3) is 2.86. The van der Waals surface area contributed by atoms with E-state index in [1.165, 1.54) is 18.4 Å². The molecule has 3 heteroatoms. The molecule has 104 valence electrons. The zero-order chi connectivity index (χ0) is 13.2. The molecule has 1 fully saturated rings. The lowest BCUT2D eigenvalue weighted by atomic mass is 9.98. The van der Waals surface area contributed by atoms with Gasteiger partial charge in [0.15, 0.2) is 0 Å². The minimum absolute atomic E-state index is 0.403. The molecule has 0 spiro atoms. The highest BCUT2D eigenvalue weighted by Gasteiger charge is 2.29. The van der Waals surface area contributed by atoms with Crippen LogP contribution in [-0.4, -0.2) is 20.3 Å². The standard InChI is InChI=1S/C16H23NO2/c1-11(12-3-4-12)10-17-15-7-8-19-16-6-5-13(18-2)9-14(15)16/h5-6,9,11-12,15,17H,3-4,7-8,10H2,1-2H3. The summed E-state index contributed by atoms with van der Waals surface area (Å²) in [5, 5.41) is 3.71. The summed E-state index contributed by atoms with van der Waals surface area (Å²) in [4.78, 5) is 0. The fourth-order valence-corrected chi connectivity index (χ4v) is 2.87. The van der Waals surface area contributed by atoms with Crippen molar-refractivity contribution in [3.8, 4) is 11.5 Å². The molecular weight excluding hydrogens is 238 g/mol. The van der Waals surface area contributed by atoms with Crippen molar-refractivity contribution in [3.63, 3.8) is 0 Å². The van der Waals surface area contributed by atoms with Crippen LogP contribution in [0.1, 0.15) is 37.8 Å². The Bertz CT molecular complexity index is 442. The van der Waals surface area contributed by atoms with E-state index in [1.54, 1.807) is 7.11 Å². The topological polar surface area (TPSA) is 30.5 Å². The Hall–Kier alpha value is -1.22. The molecule has 19 heavy (non-hydrogen) atoms. The van der Waals surface area contributed by atoms with Gasteiger partial charge in [-0.05, 0) is 49.4 Å². The number of nitrogens with one attached hydrogen (secondary N) is 1. The van der Waals surface area contributed by atoms with Gasteiger partial charge in [-0.25, -0.2) is 0 Å². The first-order valence-corrected chi connectivity index (χ1v) is 7.32. The van der Waals surface area contributed by atoms with Crippen LogP contribution in [0.2, 0.25) is 0 Å². The van der Waals surface area contributed by atoms with Gasteiger partial charge >= 0.3 is 0 Å². The van der Waals surface area contributed by atoms with Crippen molar-refractivity contribution in [1.29, 1.82) is 0 Å². The summed E-state index contributed by atoms with van der Waals surface area (Å²) in [6.45, 7) is 4.26. The molecule has 0 bridgehead atoms. The average molecular weight is 261 g/mol. The van der Waals surface area contributed by atoms with Crippen molar-refractivity contribution in [3.05, 3.63) is 23.8 Å². The summed E-state index contributed by atoms with van der Waals surface area (Å²) >= 11 is 0. The molecule has 1 aliphatic heterocycles. The Kier molecular flexibility index (Phi) is 3.65. The third-order valence-electron chi connectivity index (χ3n) is 4.37. The predicted octanol–water partition coefficient (Wildman–Crippen LogP) is 3.15. The first-order valence-electron chi connectivity index (χ1n) is 7.32. The minimum Gasteiger partial charge on any atom is -0.497 e. The third-order valence-corrected chi connectivity index (χ3v) is 4.37. The number of rotatable bonds is 5. The van der Waals surface area contributed by atoms with Crippen molar-refractivity contribution in [2.75, 3.05) is 20.3 Å². The number of hydrogen-bond acceptors (Lipinski definition) is 3. The summed E-state index contributed by atoms with van der Waals surface area (Å²) < 4.78 is 11.0. The Labute approximate surface area is 115 Å². The molecule has 0 aromatic heterocycles. The van der Waals surface area contributed by atoms with Gasteiger partial charge in [0.2, 0.25) is 0 Å². The van der Waals surface area contributed by atoms with Crippen LogP contribution in [0, 0.1) is 11.8 Å². The van der Waals surface area contributed by atoms with Crippen molar-refractivity contribution in [2.45, 2.75) is 32.2 Å². The van der Waals surface area contributed by atoms with Crippen molar-refractivity contribution >= 4 is 0 Å². The fraction of sp³-hybridized carbons (Fsp3) is 0.625. The van der Waals surface area contributed by atoms with Crippen LogP contribution in [0.3, 0.4) is 0 Å². The molecule has 2 aliphatic rings. The average Bonchev–Trinajstić information content (AvgIpc) is 3.28. The van der Waals surface area contributed by atoms with Crippen LogP contribution >= 0.6 is 0 Å². The summed E-state index contributed by atoms with van der Waals surface area (Å²) in [5.41, 5.74) is 1.24. The van der Waals surface area contributed by atoms with E-state index in [2.05, 4.69) is 18.3 Å². The van der Waals surface area contributed by atoms with Gasteiger partial charge < -0.3 is 14.8 Å². The molecular formula is C16H23NO2. The van der Waals surface area contributed by atoms with Gasteiger partial charge in [-0.15, -0.1) is 0 Å². The number of hydrogen-bond donors (Lipinski definition) is 1. The zero-order valence-electron chi connectivity index (χ0n) is 11.8. The van der Waals surface area contributed by atoms with Gasteiger partial charge in [0.05, 0.1) is 13.7 Å². The fourth-order valence-electron chi connectivity index (χ4n) is 2.87. The number of ether oxygens (including phenoxy) is 2. The van der Waals surface area contributed by atoms with Crippen molar-refractivity contribution in [1.82, 2.24) is 5.32 Å². The molecule has 0 saturated heterocycles. The SMILES string of the molecule is COc1ccc2c(c1)C(NCC(C)C1CC1)CCO2. The van der Waals surface area contributed by atoms with E-state index in [1.807, 2.05) is 12.1 Å². The highest BCUT2D eigenvalue weighted by Crippen LogP contribution is 2.38. The maximum atomic E-state index is 5.72. The lowest BCUT2D eigenvalue weighted by Crippen LogP contribution is -2.31. The second-order valence-electron chi connectivity index (χ2n) is 5.82. The molecule has 3 rings (SSSR count). The molecule has 1 heterocycles. The number of fused-ring (bicyclic) bond motifs is 1. The van der Waals surface area contributed by atoms with E-state index >= 15 is 0 Å². The molecule has 2 unspecified atom stereocenters. The largest absolute Gasteiger partial charge is 0.497 e. The quantitative estimate of drug-likeness (QED) is 0.883. The Balaban J connectivity index is 1.69. The second-order valence-corrected chi connectivity index (χ2v) is 5.82. The first kappa shape index (κ1) is 12.8. The summed E-state index contributed by atoms with van der Waals surface area (Å²) in [6, 6.07) is 6.49. The van der Waals surface area contributed by atoms with Crippen LogP contribution in [0.15, 0.2) is 18.2 Å².